The van der Waals surface area contributed by atoms with Gasteiger partial charge in [-0.05, 0) is 49.2 Å². The zero-order chi connectivity index (χ0) is 21.8. The van der Waals surface area contributed by atoms with Gasteiger partial charge in [0.05, 0.1) is 4.91 Å². The van der Waals surface area contributed by atoms with Gasteiger partial charge in [-0.15, -0.1) is 0 Å². The Morgan fingerprint density at radius 1 is 1.10 bits per heavy atom. The highest BCUT2D eigenvalue weighted by atomic mass is 32.2. The molecule has 7 heteroatoms. The van der Waals surface area contributed by atoms with Gasteiger partial charge < -0.3 is 9.64 Å². The molecule has 160 valence electrons. The largest absolute Gasteiger partial charge is 0.488 e. The molecule has 0 radical (unpaired) electrons. The first-order valence-electron chi connectivity index (χ1n) is 10.3. The summed E-state index contributed by atoms with van der Waals surface area (Å²) < 4.78 is 5.99. The Labute approximate surface area is 185 Å². The van der Waals surface area contributed by atoms with E-state index in [4.69, 9.17) is 4.74 Å². The summed E-state index contributed by atoms with van der Waals surface area (Å²) >= 11 is 0.859. The van der Waals surface area contributed by atoms with Gasteiger partial charge in [-0.2, -0.15) is 0 Å². The van der Waals surface area contributed by atoms with Crippen LogP contribution in [0.4, 0.5) is 4.79 Å². The molecular formula is C24H24N2O4S. The average molecular weight is 437 g/mol. The number of thioether (sulfide) groups is 1. The summed E-state index contributed by atoms with van der Waals surface area (Å²) in [6.07, 6.45) is 3.59. The molecule has 2 aromatic rings. The Kier molecular flexibility index (Phi) is 6.42. The molecule has 0 atom stereocenters. The minimum Gasteiger partial charge on any atom is -0.488 e. The van der Waals surface area contributed by atoms with Crippen LogP contribution in [0, 0.1) is 6.92 Å². The predicted molar refractivity (Wildman–Crippen MR) is 120 cm³/mol. The van der Waals surface area contributed by atoms with Crippen molar-refractivity contribution in [2.75, 3.05) is 19.6 Å². The maximum Gasteiger partial charge on any atom is 0.294 e. The first kappa shape index (κ1) is 21.2. The number of benzene rings is 2. The van der Waals surface area contributed by atoms with Gasteiger partial charge in [0, 0.05) is 18.7 Å². The number of amides is 3. The Morgan fingerprint density at radius 2 is 1.87 bits per heavy atom. The summed E-state index contributed by atoms with van der Waals surface area (Å²) in [5.41, 5.74) is 2.92. The van der Waals surface area contributed by atoms with Gasteiger partial charge in [0.25, 0.3) is 11.1 Å². The number of rotatable bonds is 6. The zero-order valence-electron chi connectivity index (χ0n) is 17.4. The lowest BCUT2D eigenvalue weighted by molar-refractivity contribution is -0.135. The van der Waals surface area contributed by atoms with Crippen molar-refractivity contribution in [2.24, 2.45) is 0 Å². The first-order chi connectivity index (χ1) is 15.0. The fraction of sp³-hybridized carbons (Fsp3) is 0.292. The van der Waals surface area contributed by atoms with E-state index in [0.29, 0.717) is 35.9 Å². The van der Waals surface area contributed by atoms with E-state index in [-0.39, 0.29) is 12.5 Å². The normalized spacial score (nSPS) is 17.6. The van der Waals surface area contributed by atoms with Gasteiger partial charge in [0.2, 0.25) is 5.91 Å². The van der Waals surface area contributed by atoms with Crippen LogP contribution in [-0.4, -0.2) is 46.5 Å². The highest BCUT2D eigenvalue weighted by molar-refractivity contribution is 8.18. The first-order valence-corrected chi connectivity index (χ1v) is 11.1. The maximum absolute atomic E-state index is 12.8. The summed E-state index contributed by atoms with van der Waals surface area (Å²) in [6.45, 7) is 3.61. The number of para-hydroxylation sites is 1. The number of hydrogen-bond donors (Lipinski definition) is 0. The molecule has 31 heavy (non-hydrogen) atoms. The van der Waals surface area contributed by atoms with Gasteiger partial charge in [0.15, 0.2) is 0 Å². The van der Waals surface area contributed by atoms with Crippen LogP contribution >= 0.6 is 11.8 Å². The van der Waals surface area contributed by atoms with E-state index in [9.17, 15) is 14.4 Å². The summed E-state index contributed by atoms with van der Waals surface area (Å²) in [7, 11) is 0. The topological polar surface area (TPSA) is 66.9 Å². The van der Waals surface area contributed by atoms with E-state index in [1.165, 1.54) is 0 Å². The molecule has 0 N–H and O–H groups in total. The van der Waals surface area contributed by atoms with Crippen molar-refractivity contribution >= 4 is 34.9 Å². The zero-order valence-corrected chi connectivity index (χ0v) is 18.2. The second kappa shape index (κ2) is 9.39. The molecule has 2 heterocycles. The van der Waals surface area contributed by atoms with Crippen LogP contribution in [0.15, 0.2) is 53.4 Å². The number of likely N-dealkylation sites (tertiary alicyclic amines) is 1. The highest BCUT2D eigenvalue weighted by Crippen LogP contribution is 2.34. The van der Waals surface area contributed by atoms with Crippen LogP contribution in [0.25, 0.3) is 6.08 Å². The van der Waals surface area contributed by atoms with Crippen molar-refractivity contribution in [3.8, 4) is 5.75 Å². The Hall–Kier alpha value is -3.06. The van der Waals surface area contributed by atoms with Crippen molar-refractivity contribution < 1.29 is 19.1 Å². The number of hydrogen-bond acceptors (Lipinski definition) is 5. The molecule has 0 aliphatic carbocycles. The minimum atomic E-state index is -0.434. The molecule has 0 saturated carbocycles. The number of carbonyl (C=O) groups excluding carboxylic acids is 3. The van der Waals surface area contributed by atoms with Crippen LogP contribution in [0.2, 0.25) is 0 Å². The monoisotopic (exact) mass is 436 g/mol. The van der Waals surface area contributed by atoms with Crippen LogP contribution in [0.5, 0.6) is 5.75 Å². The van der Waals surface area contributed by atoms with Gasteiger partial charge in [-0.25, -0.2) is 0 Å². The quantitative estimate of drug-likeness (QED) is 0.634. The highest BCUT2D eigenvalue weighted by Gasteiger charge is 2.37. The molecule has 4 rings (SSSR count). The van der Waals surface area contributed by atoms with Crippen molar-refractivity contribution in [3.05, 3.63) is 70.1 Å². The van der Waals surface area contributed by atoms with E-state index in [1.54, 1.807) is 11.0 Å². The molecule has 0 bridgehead atoms. The minimum absolute atomic E-state index is 0.178. The third-order valence-electron chi connectivity index (χ3n) is 5.31. The van der Waals surface area contributed by atoms with Crippen LogP contribution < -0.4 is 4.74 Å². The molecule has 0 aromatic heterocycles. The summed E-state index contributed by atoms with van der Waals surface area (Å²) in [5, 5.41) is -0.415. The lowest BCUT2D eigenvalue weighted by atomic mass is 10.1. The molecule has 3 amide bonds. The van der Waals surface area contributed by atoms with E-state index in [0.717, 1.165) is 40.6 Å². The molecule has 0 unspecified atom stereocenters. The van der Waals surface area contributed by atoms with E-state index in [2.05, 4.69) is 6.07 Å². The van der Waals surface area contributed by atoms with E-state index >= 15 is 0 Å². The van der Waals surface area contributed by atoms with Crippen molar-refractivity contribution in [1.82, 2.24) is 9.80 Å². The summed E-state index contributed by atoms with van der Waals surface area (Å²) in [6, 6.07) is 15.5. The number of imide groups is 1. The molecule has 0 spiro atoms. The predicted octanol–water partition coefficient (Wildman–Crippen LogP) is 4.23. The number of ether oxygens (including phenoxy) is 1. The SMILES string of the molecule is Cc1cccc(COc2ccccc2/C=C2/SC(=O)N(CC(=O)N3CCCC3)C2=O)c1. The van der Waals surface area contributed by atoms with Gasteiger partial charge in [0.1, 0.15) is 18.9 Å². The van der Waals surface area contributed by atoms with Crippen LogP contribution in [0.3, 0.4) is 0 Å². The number of carbonyl (C=O) groups is 3. The molecule has 6 nitrogen and oxygen atoms in total. The molecule has 2 aromatic carbocycles. The average Bonchev–Trinajstić information content (AvgIpc) is 3.38. The standard InChI is InChI=1S/C24H24N2O4S/c1-17-7-6-8-18(13-17)16-30-20-10-3-2-9-19(20)14-21-23(28)26(24(29)31-21)15-22(27)25-11-4-5-12-25/h2-3,6-10,13-14H,4-5,11-12,15-16H2,1H3/b21-14+. The van der Waals surface area contributed by atoms with Crippen molar-refractivity contribution in [3.63, 3.8) is 0 Å². The van der Waals surface area contributed by atoms with Crippen molar-refractivity contribution in [1.29, 1.82) is 0 Å². The summed E-state index contributed by atoms with van der Waals surface area (Å²) in [5.74, 6) is 0.0166. The second-order valence-corrected chi connectivity index (χ2v) is 8.66. The van der Waals surface area contributed by atoms with Crippen LogP contribution in [-0.2, 0) is 16.2 Å². The molecule has 2 saturated heterocycles. The number of nitrogens with zero attached hydrogens (tertiary/aromatic N) is 2. The molecule has 2 aliphatic rings. The van der Waals surface area contributed by atoms with E-state index < -0.39 is 11.1 Å². The Morgan fingerprint density at radius 3 is 2.65 bits per heavy atom. The smallest absolute Gasteiger partial charge is 0.294 e. The summed E-state index contributed by atoms with van der Waals surface area (Å²) in [4.78, 5) is 40.6. The van der Waals surface area contributed by atoms with E-state index in [1.807, 2.05) is 49.4 Å². The third-order valence-corrected chi connectivity index (χ3v) is 6.22. The fourth-order valence-electron chi connectivity index (χ4n) is 3.67. The second-order valence-electron chi connectivity index (χ2n) is 7.67. The van der Waals surface area contributed by atoms with Gasteiger partial charge >= 0.3 is 0 Å². The van der Waals surface area contributed by atoms with Crippen molar-refractivity contribution in [2.45, 2.75) is 26.4 Å². The molecular weight excluding hydrogens is 412 g/mol. The molecule has 2 aliphatic heterocycles. The Bertz CT molecular complexity index is 1040. The van der Waals surface area contributed by atoms with Crippen LogP contribution in [0.1, 0.15) is 29.5 Å². The Balaban J connectivity index is 1.47. The lowest BCUT2D eigenvalue weighted by Gasteiger charge is -2.18. The lowest BCUT2D eigenvalue weighted by Crippen LogP contribution is -2.40. The third kappa shape index (κ3) is 4.99. The fourth-order valence-corrected chi connectivity index (χ4v) is 4.50. The maximum atomic E-state index is 12.8. The van der Waals surface area contributed by atoms with Gasteiger partial charge in [-0.3, -0.25) is 19.3 Å². The molecule has 2 fully saturated rings. The number of aryl methyl sites for hydroxylation is 1. The van der Waals surface area contributed by atoms with Gasteiger partial charge in [-0.1, -0.05) is 48.0 Å².